The molecule has 0 fully saturated rings. The summed E-state index contributed by atoms with van der Waals surface area (Å²) in [5.41, 5.74) is 1.38. The molecule has 0 saturated heterocycles. The zero-order valence-electron chi connectivity index (χ0n) is 18.4. The molecule has 1 aromatic heterocycles. The van der Waals surface area contributed by atoms with Crippen LogP contribution in [0.4, 0.5) is 10.8 Å². The third-order valence-corrected chi connectivity index (χ3v) is 5.68. The van der Waals surface area contributed by atoms with Gasteiger partial charge in [-0.15, -0.1) is 0 Å². The van der Waals surface area contributed by atoms with E-state index in [0.717, 1.165) is 28.9 Å². The maximum atomic E-state index is 13.1. The molecule has 0 bridgehead atoms. The van der Waals surface area contributed by atoms with Gasteiger partial charge in [-0.1, -0.05) is 23.5 Å². The van der Waals surface area contributed by atoms with Gasteiger partial charge in [-0.3, -0.25) is 19.8 Å². The van der Waals surface area contributed by atoms with Gasteiger partial charge < -0.3 is 9.64 Å². The molecule has 0 spiro atoms. The van der Waals surface area contributed by atoms with Crippen LogP contribution in [0.5, 0.6) is 5.75 Å². The highest BCUT2D eigenvalue weighted by Crippen LogP contribution is 2.32. The van der Waals surface area contributed by atoms with E-state index in [1.54, 1.807) is 23.1 Å². The van der Waals surface area contributed by atoms with Crippen molar-refractivity contribution >= 4 is 44.4 Å². The first kappa shape index (κ1) is 23.4. The summed E-state index contributed by atoms with van der Waals surface area (Å²) in [6.45, 7) is 3.85. The van der Waals surface area contributed by atoms with Gasteiger partial charge in [0.05, 0.1) is 21.7 Å². The zero-order chi connectivity index (χ0) is 23.1. The largest absolute Gasteiger partial charge is 0.494 e. The van der Waals surface area contributed by atoms with E-state index in [1.807, 2.05) is 39.2 Å². The Hall–Kier alpha value is -3.30. The van der Waals surface area contributed by atoms with Crippen molar-refractivity contribution in [3.63, 3.8) is 0 Å². The molecule has 0 saturated carbocycles. The van der Waals surface area contributed by atoms with E-state index in [0.29, 0.717) is 23.8 Å². The summed E-state index contributed by atoms with van der Waals surface area (Å²) in [5.74, 6) is 0.547. The van der Waals surface area contributed by atoms with E-state index in [9.17, 15) is 14.9 Å². The van der Waals surface area contributed by atoms with Crippen LogP contribution in [0.1, 0.15) is 18.9 Å². The number of aromatic nitrogens is 1. The number of benzene rings is 2. The second-order valence-corrected chi connectivity index (χ2v) is 8.40. The van der Waals surface area contributed by atoms with Gasteiger partial charge in [0.15, 0.2) is 5.13 Å². The molecule has 32 heavy (non-hydrogen) atoms. The number of ether oxygens (including phenoxy) is 1. The first-order chi connectivity index (χ1) is 15.4. The van der Waals surface area contributed by atoms with Crippen molar-refractivity contribution < 1.29 is 14.5 Å². The van der Waals surface area contributed by atoms with Crippen LogP contribution in [-0.2, 0) is 4.79 Å². The predicted octanol–water partition coefficient (Wildman–Crippen LogP) is 4.60. The summed E-state index contributed by atoms with van der Waals surface area (Å²) >= 11 is 1.44. The van der Waals surface area contributed by atoms with Crippen LogP contribution in [0, 0.1) is 10.1 Å². The summed E-state index contributed by atoms with van der Waals surface area (Å²) in [4.78, 5) is 32.0. The number of amides is 1. The van der Waals surface area contributed by atoms with Crippen molar-refractivity contribution in [1.29, 1.82) is 0 Å². The van der Waals surface area contributed by atoms with E-state index in [1.165, 1.54) is 29.5 Å². The normalized spacial score (nSPS) is 11.4. The van der Waals surface area contributed by atoms with Gasteiger partial charge in [0.25, 0.3) is 11.6 Å². The SMILES string of the molecule is CCOc1ccc2nc(N(CCCN(C)C)C(=O)/C=C/c3cccc([N+](=O)[O-])c3)sc2c1. The molecule has 0 aliphatic rings. The molecule has 9 heteroatoms. The topological polar surface area (TPSA) is 88.8 Å². The molecule has 3 aromatic rings. The summed E-state index contributed by atoms with van der Waals surface area (Å²) in [7, 11) is 3.97. The third-order valence-electron chi connectivity index (χ3n) is 4.64. The van der Waals surface area contributed by atoms with Crippen LogP contribution < -0.4 is 9.64 Å². The molecule has 0 radical (unpaired) electrons. The maximum Gasteiger partial charge on any atom is 0.270 e. The molecule has 8 nitrogen and oxygen atoms in total. The average molecular weight is 455 g/mol. The fraction of sp³-hybridized carbons (Fsp3) is 0.304. The van der Waals surface area contributed by atoms with Crippen molar-refractivity contribution in [2.45, 2.75) is 13.3 Å². The van der Waals surface area contributed by atoms with Crippen molar-refractivity contribution in [2.24, 2.45) is 0 Å². The Labute approximate surface area is 190 Å². The summed E-state index contributed by atoms with van der Waals surface area (Å²) in [6.07, 6.45) is 3.81. The van der Waals surface area contributed by atoms with Crippen LogP contribution in [0.25, 0.3) is 16.3 Å². The molecule has 1 heterocycles. The van der Waals surface area contributed by atoms with Gasteiger partial charge in [0, 0.05) is 24.8 Å². The fourth-order valence-corrected chi connectivity index (χ4v) is 4.13. The molecular weight excluding hydrogens is 428 g/mol. The lowest BCUT2D eigenvalue weighted by atomic mass is 10.2. The average Bonchev–Trinajstić information content (AvgIpc) is 3.18. The van der Waals surface area contributed by atoms with Crippen molar-refractivity contribution in [3.8, 4) is 5.75 Å². The number of non-ortho nitro benzene ring substituents is 1. The van der Waals surface area contributed by atoms with Crippen LogP contribution in [-0.4, -0.2) is 54.5 Å². The highest BCUT2D eigenvalue weighted by atomic mass is 32.1. The summed E-state index contributed by atoms with van der Waals surface area (Å²) < 4.78 is 6.51. The molecule has 0 aliphatic heterocycles. The monoisotopic (exact) mass is 454 g/mol. The van der Waals surface area contributed by atoms with E-state index in [-0.39, 0.29) is 11.6 Å². The van der Waals surface area contributed by atoms with Crippen LogP contribution in [0.15, 0.2) is 48.5 Å². The number of anilines is 1. The van der Waals surface area contributed by atoms with Crippen molar-refractivity contribution in [3.05, 3.63) is 64.2 Å². The molecule has 0 aliphatic carbocycles. The number of nitro benzene ring substituents is 1. The smallest absolute Gasteiger partial charge is 0.270 e. The molecule has 0 unspecified atom stereocenters. The number of rotatable bonds is 10. The Bertz CT molecular complexity index is 1130. The van der Waals surface area contributed by atoms with Crippen molar-refractivity contribution in [1.82, 2.24) is 9.88 Å². The van der Waals surface area contributed by atoms with Gasteiger partial charge in [0.1, 0.15) is 5.75 Å². The quantitative estimate of drug-likeness (QED) is 0.253. The lowest BCUT2D eigenvalue weighted by Gasteiger charge is -2.19. The van der Waals surface area contributed by atoms with Gasteiger partial charge in [-0.25, -0.2) is 4.98 Å². The number of carbonyl (C=O) groups excluding carboxylic acids is 1. The Morgan fingerprint density at radius 1 is 1.22 bits per heavy atom. The lowest BCUT2D eigenvalue weighted by Crippen LogP contribution is -2.32. The minimum Gasteiger partial charge on any atom is -0.494 e. The van der Waals surface area contributed by atoms with Crippen LogP contribution in [0.2, 0.25) is 0 Å². The van der Waals surface area contributed by atoms with E-state index >= 15 is 0 Å². The van der Waals surface area contributed by atoms with Gasteiger partial charge >= 0.3 is 0 Å². The van der Waals surface area contributed by atoms with E-state index in [4.69, 9.17) is 4.74 Å². The summed E-state index contributed by atoms with van der Waals surface area (Å²) in [6, 6.07) is 11.9. The molecule has 0 atom stereocenters. The Morgan fingerprint density at radius 3 is 2.75 bits per heavy atom. The second-order valence-electron chi connectivity index (χ2n) is 7.39. The van der Waals surface area contributed by atoms with E-state index in [2.05, 4.69) is 9.88 Å². The number of carbonyl (C=O) groups is 1. The molecular formula is C23H26N4O4S. The number of thiazole rings is 1. The highest BCUT2D eigenvalue weighted by molar-refractivity contribution is 7.22. The second kappa shape index (κ2) is 10.8. The van der Waals surface area contributed by atoms with Crippen molar-refractivity contribution in [2.75, 3.05) is 38.7 Å². The molecule has 2 aromatic carbocycles. The highest BCUT2D eigenvalue weighted by Gasteiger charge is 2.18. The lowest BCUT2D eigenvalue weighted by molar-refractivity contribution is -0.384. The molecule has 168 valence electrons. The standard InChI is InChI=1S/C23H26N4O4S/c1-4-31-19-10-11-20-21(16-19)32-23(24-20)26(14-6-13-25(2)3)22(28)12-9-17-7-5-8-18(15-17)27(29)30/h5,7-12,15-16H,4,6,13-14H2,1-3H3/b12-9+. The van der Waals surface area contributed by atoms with E-state index < -0.39 is 4.92 Å². The minimum atomic E-state index is -0.454. The predicted molar refractivity (Wildman–Crippen MR) is 128 cm³/mol. The number of hydrogen-bond donors (Lipinski definition) is 0. The molecule has 1 amide bonds. The maximum absolute atomic E-state index is 13.1. The van der Waals surface area contributed by atoms with Crippen LogP contribution in [0.3, 0.4) is 0 Å². The Kier molecular flexibility index (Phi) is 7.91. The van der Waals surface area contributed by atoms with Gasteiger partial charge in [0.2, 0.25) is 0 Å². The number of fused-ring (bicyclic) bond motifs is 1. The van der Waals surface area contributed by atoms with Gasteiger partial charge in [-0.2, -0.15) is 0 Å². The fourth-order valence-electron chi connectivity index (χ4n) is 3.11. The zero-order valence-corrected chi connectivity index (χ0v) is 19.2. The first-order valence-corrected chi connectivity index (χ1v) is 11.1. The first-order valence-electron chi connectivity index (χ1n) is 10.3. The molecule has 3 rings (SSSR count). The number of nitro groups is 1. The van der Waals surface area contributed by atoms with Gasteiger partial charge in [-0.05, 0) is 63.8 Å². The number of nitrogens with zero attached hydrogens (tertiary/aromatic N) is 4. The minimum absolute atomic E-state index is 0.0151. The molecule has 0 N–H and O–H groups in total. The number of hydrogen-bond acceptors (Lipinski definition) is 7. The Balaban J connectivity index is 1.86. The Morgan fingerprint density at radius 2 is 2.03 bits per heavy atom. The summed E-state index contributed by atoms with van der Waals surface area (Å²) in [5, 5.41) is 11.6. The van der Waals surface area contributed by atoms with Crippen LogP contribution >= 0.6 is 11.3 Å². The third kappa shape index (κ3) is 6.12.